The second-order valence-electron chi connectivity index (χ2n) is 10.1. The van der Waals surface area contributed by atoms with Gasteiger partial charge in [0.2, 0.25) is 0 Å². The van der Waals surface area contributed by atoms with Crippen LogP contribution in [0.2, 0.25) is 0 Å². The van der Waals surface area contributed by atoms with E-state index in [0.29, 0.717) is 25.6 Å². The SMILES string of the molecule is CC(C)(C)OC(=O)c1ccc(-c2ccccc2)cc1NC(=O)c1cc(OCCN2CCOCC2)ccc1O. The van der Waals surface area contributed by atoms with Gasteiger partial charge in [-0.15, -0.1) is 0 Å². The number of hydrogen-bond acceptors (Lipinski definition) is 7. The Morgan fingerprint density at radius 2 is 1.68 bits per heavy atom. The highest BCUT2D eigenvalue weighted by Gasteiger charge is 2.23. The summed E-state index contributed by atoms with van der Waals surface area (Å²) in [6.07, 6.45) is 0. The van der Waals surface area contributed by atoms with Crippen LogP contribution in [-0.2, 0) is 9.47 Å². The van der Waals surface area contributed by atoms with Crippen LogP contribution in [0.4, 0.5) is 5.69 Å². The van der Waals surface area contributed by atoms with Crippen molar-refractivity contribution in [3.05, 3.63) is 77.9 Å². The summed E-state index contributed by atoms with van der Waals surface area (Å²) in [5.41, 5.74) is 1.57. The standard InChI is InChI=1S/C30H34N2O6/c1-30(2,3)38-29(35)24-11-9-22(21-7-5-4-6-8-21)19-26(24)31-28(34)25-20-23(10-12-27(25)33)37-18-15-32-13-16-36-17-14-32/h4-12,19-20,33H,13-18H2,1-3H3,(H,31,34). The molecule has 1 aliphatic heterocycles. The summed E-state index contributed by atoms with van der Waals surface area (Å²) in [7, 11) is 0. The second kappa shape index (κ2) is 12.1. The first kappa shape index (κ1) is 27.2. The average Bonchev–Trinajstić information content (AvgIpc) is 2.89. The third kappa shape index (κ3) is 7.34. The number of morpholine rings is 1. The molecule has 1 fully saturated rings. The van der Waals surface area contributed by atoms with Crippen LogP contribution in [0, 0.1) is 0 Å². The Bertz CT molecular complexity index is 1260. The summed E-state index contributed by atoms with van der Waals surface area (Å²) in [6.45, 7) is 9.65. The number of phenols is 1. The fraction of sp³-hybridized carbons (Fsp3) is 0.333. The number of hydrogen-bond donors (Lipinski definition) is 2. The number of rotatable bonds is 8. The molecule has 3 aromatic rings. The molecule has 3 aromatic carbocycles. The highest BCUT2D eigenvalue weighted by Crippen LogP contribution is 2.29. The van der Waals surface area contributed by atoms with E-state index in [1.54, 1.807) is 39.0 Å². The average molecular weight is 519 g/mol. The van der Waals surface area contributed by atoms with Crippen molar-refractivity contribution >= 4 is 17.6 Å². The number of esters is 1. The molecular formula is C30H34N2O6. The van der Waals surface area contributed by atoms with Gasteiger partial charge < -0.3 is 24.6 Å². The van der Waals surface area contributed by atoms with Crippen molar-refractivity contribution in [2.45, 2.75) is 26.4 Å². The molecule has 1 amide bonds. The van der Waals surface area contributed by atoms with Gasteiger partial charge in [-0.3, -0.25) is 9.69 Å². The molecule has 0 bridgehead atoms. The number of carbonyl (C=O) groups is 2. The lowest BCUT2D eigenvalue weighted by Gasteiger charge is -2.26. The largest absolute Gasteiger partial charge is 0.507 e. The molecule has 0 radical (unpaired) electrons. The normalized spacial score (nSPS) is 14.1. The molecule has 2 N–H and O–H groups in total. The number of carbonyl (C=O) groups excluding carboxylic acids is 2. The monoisotopic (exact) mass is 518 g/mol. The zero-order valence-corrected chi connectivity index (χ0v) is 22.0. The number of nitrogens with zero attached hydrogens (tertiary/aromatic N) is 1. The first-order valence-electron chi connectivity index (χ1n) is 12.7. The van der Waals surface area contributed by atoms with Crippen LogP contribution in [0.5, 0.6) is 11.5 Å². The Morgan fingerprint density at radius 1 is 0.947 bits per heavy atom. The fourth-order valence-corrected chi connectivity index (χ4v) is 4.06. The molecule has 1 heterocycles. The Hall–Kier alpha value is -3.88. The Kier molecular flexibility index (Phi) is 8.66. The van der Waals surface area contributed by atoms with E-state index in [2.05, 4.69) is 10.2 Å². The van der Waals surface area contributed by atoms with Gasteiger partial charge in [-0.05, 0) is 62.2 Å². The third-order valence-electron chi connectivity index (χ3n) is 5.99. The minimum atomic E-state index is -0.707. The molecule has 0 spiro atoms. The number of phenolic OH excluding ortho intramolecular Hbond substituents is 1. The second-order valence-corrected chi connectivity index (χ2v) is 10.1. The van der Waals surface area contributed by atoms with Gasteiger partial charge in [-0.25, -0.2) is 4.79 Å². The number of aromatic hydroxyl groups is 1. The van der Waals surface area contributed by atoms with Gasteiger partial charge >= 0.3 is 5.97 Å². The first-order chi connectivity index (χ1) is 18.2. The van der Waals surface area contributed by atoms with E-state index in [4.69, 9.17) is 14.2 Å². The molecule has 1 aliphatic rings. The topological polar surface area (TPSA) is 97.3 Å². The van der Waals surface area contributed by atoms with E-state index in [1.165, 1.54) is 12.1 Å². The molecule has 0 aliphatic carbocycles. The number of benzene rings is 3. The van der Waals surface area contributed by atoms with Crippen molar-refractivity contribution < 1.29 is 28.9 Å². The molecule has 0 unspecified atom stereocenters. The predicted molar refractivity (Wildman–Crippen MR) is 146 cm³/mol. The molecule has 0 atom stereocenters. The van der Waals surface area contributed by atoms with Crippen LogP contribution < -0.4 is 10.1 Å². The van der Waals surface area contributed by atoms with Gasteiger partial charge in [-0.1, -0.05) is 36.4 Å². The van der Waals surface area contributed by atoms with Crippen molar-refractivity contribution in [3.63, 3.8) is 0 Å². The lowest BCUT2D eigenvalue weighted by molar-refractivity contribution is 0.00707. The zero-order valence-electron chi connectivity index (χ0n) is 22.0. The maximum absolute atomic E-state index is 13.3. The molecule has 1 saturated heterocycles. The summed E-state index contributed by atoms with van der Waals surface area (Å²) in [5.74, 6) is -0.861. The van der Waals surface area contributed by atoms with E-state index in [-0.39, 0.29) is 22.6 Å². The van der Waals surface area contributed by atoms with Crippen LogP contribution >= 0.6 is 0 Å². The number of amides is 1. The van der Waals surface area contributed by atoms with Crippen LogP contribution in [0.15, 0.2) is 66.7 Å². The first-order valence-corrected chi connectivity index (χ1v) is 12.7. The van der Waals surface area contributed by atoms with E-state index in [1.807, 2.05) is 36.4 Å². The van der Waals surface area contributed by atoms with Crippen molar-refractivity contribution in [1.82, 2.24) is 4.90 Å². The predicted octanol–water partition coefficient (Wildman–Crippen LogP) is 4.98. The fourth-order valence-electron chi connectivity index (χ4n) is 4.06. The minimum absolute atomic E-state index is 0.0362. The molecule has 0 aromatic heterocycles. The Morgan fingerprint density at radius 3 is 2.39 bits per heavy atom. The molecule has 0 saturated carbocycles. The molecule has 8 nitrogen and oxygen atoms in total. The highest BCUT2D eigenvalue weighted by molar-refractivity contribution is 6.10. The Balaban J connectivity index is 1.55. The maximum Gasteiger partial charge on any atom is 0.340 e. The van der Waals surface area contributed by atoms with Gasteiger partial charge in [0.05, 0.1) is 30.0 Å². The summed E-state index contributed by atoms with van der Waals surface area (Å²) in [6, 6.07) is 19.3. The minimum Gasteiger partial charge on any atom is -0.507 e. The summed E-state index contributed by atoms with van der Waals surface area (Å²) < 4.78 is 16.8. The van der Waals surface area contributed by atoms with Crippen molar-refractivity contribution in [1.29, 1.82) is 0 Å². The third-order valence-corrected chi connectivity index (χ3v) is 5.99. The van der Waals surface area contributed by atoms with Crippen molar-refractivity contribution in [2.24, 2.45) is 0 Å². The van der Waals surface area contributed by atoms with E-state index >= 15 is 0 Å². The van der Waals surface area contributed by atoms with Gasteiger partial charge in [0.1, 0.15) is 23.7 Å². The van der Waals surface area contributed by atoms with Gasteiger partial charge in [0, 0.05) is 19.6 Å². The lowest BCUT2D eigenvalue weighted by Crippen LogP contribution is -2.38. The van der Waals surface area contributed by atoms with Gasteiger partial charge in [0.15, 0.2) is 0 Å². The van der Waals surface area contributed by atoms with Crippen LogP contribution in [-0.4, -0.2) is 66.9 Å². The van der Waals surface area contributed by atoms with Gasteiger partial charge in [0.25, 0.3) is 5.91 Å². The van der Waals surface area contributed by atoms with Crippen LogP contribution in [0.25, 0.3) is 11.1 Å². The molecule has 4 rings (SSSR count). The van der Waals surface area contributed by atoms with Crippen molar-refractivity contribution in [2.75, 3.05) is 44.8 Å². The quantitative estimate of drug-likeness (QED) is 0.406. The Labute approximate surface area is 223 Å². The van der Waals surface area contributed by atoms with Crippen LogP contribution in [0.3, 0.4) is 0 Å². The lowest BCUT2D eigenvalue weighted by atomic mass is 10.0. The molecule has 8 heteroatoms. The van der Waals surface area contributed by atoms with E-state index < -0.39 is 17.5 Å². The summed E-state index contributed by atoms with van der Waals surface area (Å²) >= 11 is 0. The van der Waals surface area contributed by atoms with E-state index in [0.717, 1.165) is 30.8 Å². The molecule has 200 valence electrons. The summed E-state index contributed by atoms with van der Waals surface area (Å²) in [4.78, 5) is 28.5. The number of ether oxygens (including phenoxy) is 3. The van der Waals surface area contributed by atoms with Crippen LogP contribution in [0.1, 0.15) is 41.5 Å². The summed E-state index contributed by atoms with van der Waals surface area (Å²) in [5, 5.41) is 13.2. The molecule has 38 heavy (non-hydrogen) atoms. The number of nitrogens with one attached hydrogen (secondary N) is 1. The van der Waals surface area contributed by atoms with Crippen molar-refractivity contribution in [3.8, 4) is 22.6 Å². The highest BCUT2D eigenvalue weighted by atomic mass is 16.6. The zero-order chi connectivity index (χ0) is 27.1. The molecular weight excluding hydrogens is 484 g/mol. The number of anilines is 1. The maximum atomic E-state index is 13.3. The van der Waals surface area contributed by atoms with Gasteiger partial charge in [-0.2, -0.15) is 0 Å². The smallest absolute Gasteiger partial charge is 0.340 e. The van der Waals surface area contributed by atoms with E-state index in [9.17, 15) is 14.7 Å².